The van der Waals surface area contributed by atoms with Gasteiger partial charge in [-0.15, -0.1) is 0 Å². The van der Waals surface area contributed by atoms with Crippen molar-refractivity contribution < 1.29 is 0 Å². The van der Waals surface area contributed by atoms with E-state index in [4.69, 9.17) is 5.84 Å². The first-order valence-electron chi connectivity index (χ1n) is 7.63. The number of hydrogen-bond donors (Lipinski definition) is 2. The standard InChI is InChI=1S/C15H30N4/c1-4-5-6-7-8-9-10-14(17-16)12-15-11-13(2)18-19(15)3/h11,14,17H,4-10,12,16H2,1-3H3. The topological polar surface area (TPSA) is 55.9 Å². The molecule has 0 aliphatic heterocycles. The van der Waals surface area contributed by atoms with Gasteiger partial charge in [0, 0.05) is 25.2 Å². The van der Waals surface area contributed by atoms with Crippen LogP contribution in [0.5, 0.6) is 0 Å². The summed E-state index contributed by atoms with van der Waals surface area (Å²) in [7, 11) is 2.00. The van der Waals surface area contributed by atoms with E-state index < -0.39 is 0 Å². The SMILES string of the molecule is CCCCCCCCC(Cc1cc(C)nn1C)NN. The van der Waals surface area contributed by atoms with Crippen LogP contribution in [0.25, 0.3) is 0 Å². The Morgan fingerprint density at radius 1 is 1.26 bits per heavy atom. The average Bonchev–Trinajstić information content (AvgIpc) is 2.70. The van der Waals surface area contributed by atoms with Crippen LogP contribution in [0.3, 0.4) is 0 Å². The van der Waals surface area contributed by atoms with Gasteiger partial charge in [-0.2, -0.15) is 5.10 Å². The summed E-state index contributed by atoms with van der Waals surface area (Å²) in [5.74, 6) is 5.66. The fourth-order valence-corrected chi connectivity index (χ4v) is 2.52. The molecule has 0 saturated heterocycles. The zero-order valence-electron chi connectivity index (χ0n) is 12.8. The Morgan fingerprint density at radius 2 is 1.95 bits per heavy atom. The first kappa shape index (κ1) is 16.2. The van der Waals surface area contributed by atoms with E-state index in [1.165, 1.54) is 44.2 Å². The fraction of sp³-hybridized carbons (Fsp3) is 0.800. The molecule has 1 aromatic heterocycles. The van der Waals surface area contributed by atoms with E-state index in [-0.39, 0.29) is 0 Å². The van der Waals surface area contributed by atoms with Gasteiger partial charge >= 0.3 is 0 Å². The number of hydrogen-bond acceptors (Lipinski definition) is 3. The molecule has 3 N–H and O–H groups in total. The van der Waals surface area contributed by atoms with Crippen LogP contribution in [0.4, 0.5) is 0 Å². The molecule has 0 radical (unpaired) electrons. The molecule has 4 nitrogen and oxygen atoms in total. The van der Waals surface area contributed by atoms with E-state index in [1.807, 2.05) is 18.7 Å². The predicted molar refractivity (Wildman–Crippen MR) is 80.8 cm³/mol. The Bertz CT molecular complexity index is 346. The molecule has 1 rings (SSSR count). The van der Waals surface area contributed by atoms with E-state index in [1.54, 1.807) is 0 Å². The first-order valence-corrected chi connectivity index (χ1v) is 7.63. The maximum Gasteiger partial charge on any atom is 0.0596 e. The lowest BCUT2D eigenvalue weighted by Gasteiger charge is -2.15. The molecular formula is C15H30N4. The molecule has 19 heavy (non-hydrogen) atoms. The molecule has 0 aromatic carbocycles. The van der Waals surface area contributed by atoms with Crippen LogP contribution in [-0.4, -0.2) is 15.8 Å². The van der Waals surface area contributed by atoms with E-state index in [9.17, 15) is 0 Å². The molecule has 0 fully saturated rings. The lowest BCUT2D eigenvalue weighted by molar-refractivity contribution is 0.450. The van der Waals surface area contributed by atoms with Crippen molar-refractivity contribution in [1.29, 1.82) is 0 Å². The van der Waals surface area contributed by atoms with Gasteiger partial charge in [0.2, 0.25) is 0 Å². The molecule has 0 saturated carbocycles. The van der Waals surface area contributed by atoms with Gasteiger partial charge < -0.3 is 0 Å². The van der Waals surface area contributed by atoms with Crippen molar-refractivity contribution in [2.45, 2.75) is 71.3 Å². The molecule has 4 heteroatoms. The minimum absolute atomic E-state index is 0.362. The molecule has 1 atom stereocenters. The summed E-state index contributed by atoms with van der Waals surface area (Å²) >= 11 is 0. The Balaban J connectivity index is 2.24. The Labute approximate surface area is 117 Å². The summed E-state index contributed by atoms with van der Waals surface area (Å²) in [4.78, 5) is 0. The van der Waals surface area contributed by atoms with Crippen LogP contribution >= 0.6 is 0 Å². The van der Waals surface area contributed by atoms with Gasteiger partial charge in [-0.25, -0.2) is 0 Å². The third kappa shape index (κ3) is 6.21. The monoisotopic (exact) mass is 266 g/mol. The van der Waals surface area contributed by atoms with Crippen molar-refractivity contribution in [3.05, 3.63) is 17.5 Å². The summed E-state index contributed by atoms with van der Waals surface area (Å²) in [6.07, 6.45) is 10.1. The van der Waals surface area contributed by atoms with Gasteiger partial charge in [-0.1, -0.05) is 45.4 Å². The number of rotatable bonds is 10. The smallest absolute Gasteiger partial charge is 0.0596 e. The van der Waals surface area contributed by atoms with Crippen LogP contribution in [0.1, 0.15) is 63.3 Å². The molecule has 0 aliphatic carbocycles. The number of aromatic nitrogens is 2. The van der Waals surface area contributed by atoms with Crippen molar-refractivity contribution in [2.75, 3.05) is 0 Å². The predicted octanol–water partition coefficient (Wildman–Crippen LogP) is 2.85. The van der Waals surface area contributed by atoms with Crippen LogP contribution in [0, 0.1) is 6.92 Å². The van der Waals surface area contributed by atoms with E-state index >= 15 is 0 Å². The number of aryl methyl sites for hydroxylation is 2. The average molecular weight is 266 g/mol. The number of unbranched alkanes of at least 4 members (excludes halogenated alkanes) is 5. The molecule has 110 valence electrons. The third-order valence-corrected chi connectivity index (χ3v) is 3.70. The lowest BCUT2D eigenvalue weighted by atomic mass is 10.0. The second kappa shape index (κ2) is 9.10. The highest BCUT2D eigenvalue weighted by atomic mass is 15.3. The van der Waals surface area contributed by atoms with Crippen LogP contribution in [-0.2, 0) is 13.5 Å². The lowest BCUT2D eigenvalue weighted by Crippen LogP contribution is -2.37. The zero-order chi connectivity index (χ0) is 14.1. The second-order valence-electron chi connectivity index (χ2n) is 5.52. The van der Waals surface area contributed by atoms with Gasteiger partial charge in [0.25, 0.3) is 0 Å². The maximum atomic E-state index is 5.66. The Kier molecular flexibility index (Phi) is 7.75. The van der Waals surface area contributed by atoms with Crippen molar-refractivity contribution in [3.63, 3.8) is 0 Å². The molecular weight excluding hydrogens is 236 g/mol. The van der Waals surface area contributed by atoms with Crippen molar-refractivity contribution in [1.82, 2.24) is 15.2 Å². The molecule has 0 spiro atoms. The maximum absolute atomic E-state index is 5.66. The van der Waals surface area contributed by atoms with E-state index in [0.717, 1.165) is 18.5 Å². The second-order valence-corrected chi connectivity index (χ2v) is 5.52. The van der Waals surface area contributed by atoms with E-state index in [2.05, 4.69) is 23.5 Å². The van der Waals surface area contributed by atoms with Crippen molar-refractivity contribution >= 4 is 0 Å². The van der Waals surface area contributed by atoms with Crippen LogP contribution in [0.2, 0.25) is 0 Å². The molecule has 1 aromatic rings. The van der Waals surface area contributed by atoms with Gasteiger partial charge in [0.1, 0.15) is 0 Å². The summed E-state index contributed by atoms with van der Waals surface area (Å²) < 4.78 is 1.96. The largest absolute Gasteiger partial charge is 0.272 e. The highest BCUT2D eigenvalue weighted by Crippen LogP contribution is 2.12. The zero-order valence-corrected chi connectivity index (χ0v) is 12.8. The summed E-state index contributed by atoms with van der Waals surface area (Å²) in [6, 6.07) is 2.51. The minimum Gasteiger partial charge on any atom is -0.272 e. The first-order chi connectivity index (χ1) is 9.17. The third-order valence-electron chi connectivity index (χ3n) is 3.70. The molecule has 1 unspecified atom stereocenters. The summed E-state index contributed by atoms with van der Waals surface area (Å²) in [5.41, 5.74) is 5.28. The van der Waals surface area contributed by atoms with Crippen molar-refractivity contribution in [3.8, 4) is 0 Å². The molecule has 0 amide bonds. The van der Waals surface area contributed by atoms with Crippen LogP contribution < -0.4 is 11.3 Å². The molecule has 0 aliphatic rings. The quantitative estimate of drug-likeness (QED) is 0.389. The Hall–Kier alpha value is -0.870. The number of hydrazine groups is 1. The van der Waals surface area contributed by atoms with Crippen molar-refractivity contribution in [2.24, 2.45) is 12.9 Å². The highest BCUT2D eigenvalue weighted by molar-refractivity contribution is 5.09. The highest BCUT2D eigenvalue weighted by Gasteiger charge is 2.10. The summed E-state index contributed by atoms with van der Waals surface area (Å²) in [6.45, 7) is 4.28. The Morgan fingerprint density at radius 3 is 2.53 bits per heavy atom. The number of nitrogens with one attached hydrogen (secondary N) is 1. The minimum atomic E-state index is 0.362. The number of nitrogens with zero attached hydrogens (tertiary/aromatic N) is 2. The van der Waals surface area contributed by atoms with E-state index in [0.29, 0.717) is 6.04 Å². The van der Waals surface area contributed by atoms with Gasteiger partial charge in [-0.3, -0.25) is 16.0 Å². The van der Waals surface area contributed by atoms with Gasteiger partial charge in [-0.05, 0) is 19.4 Å². The van der Waals surface area contributed by atoms with Crippen LogP contribution in [0.15, 0.2) is 6.07 Å². The van der Waals surface area contributed by atoms with Gasteiger partial charge in [0.05, 0.1) is 5.69 Å². The summed E-state index contributed by atoms with van der Waals surface area (Å²) in [5, 5.41) is 4.38. The normalized spacial score (nSPS) is 12.8. The van der Waals surface area contributed by atoms with Gasteiger partial charge in [0.15, 0.2) is 0 Å². The molecule has 1 heterocycles. The number of nitrogens with two attached hydrogens (primary N) is 1. The molecule has 0 bridgehead atoms. The fourth-order valence-electron chi connectivity index (χ4n) is 2.52.